The lowest BCUT2D eigenvalue weighted by molar-refractivity contribution is -0.154. The van der Waals surface area contributed by atoms with Crippen LogP contribution in [0.25, 0.3) is 0 Å². The van der Waals surface area contributed by atoms with Crippen LogP contribution < -0.4 is 0 Å². The maximum atomic E-state index is 12.5. The molecule has 0 N–H and O–H groups in total. The summed E-state index contributed by atoms with van der Waals surface area (Å²) in [5.41, 5.74) is 0. The molecule has 0 aromatic heterocycles. The number of amides is 2. The van der Waals surface area contributed by atoms with Gasteiger partial charge in [-0.2, -0.15) is 0 Å². The van der Waals surface area contributed by atoms with E-state index in [4.69, 9.17) is 0 Å². The SMILES string of the molecule is CC1CCN(C(=O)C(=O)N2CCC3CCCCC3C2)CC1. The van der Waals surface area contributed by atoms with Gasteiger partial charge in [-0.1, -0.05) is 26.2 Å². The standard InChI is InChI=1S/C17H28N2O2/c1-13-6-9-18(10-7-13)16(20)17(21)19-11-8-14-4-2-3-5-15(14)12-19/h13-15H,2-12H2,1H3. The third-order valence-electron chi connectivity index (χ3n) is 5.83. The average molecular weight is 292 g/mol. The van der Waals surface area contributed by atoms with Crippen molar-refractivity contribution in [1.82, 2.24) is 9.80 Å². The molecule has 3 rings (SSSR count). The number of nitrogens with zero attached hydrogens (tertiary/aromatic N) is 2. The molecule has 21 heavy (non-hydrogen) atoms. The first-order valence-corrected chi connectivity index (χ1v) is 8.73. The lowest BCUT2D eigenvalue weighted by Crippen LogP contribution is -2.52. The van der Waals surface area contributed by atoms with E-state index in [-0.39, 0.29) is 11.8 Å². The van der Waals surface area contributed by atoms with Crippen LogP contribution in [-0.4, -0.2) is 47.8 Å². The normalized spacial score (nSPS) is 30.9. The van der Waals surface area contributed by atoms with Gasteiger partial charge in [-0.25, -0.2) is 0 Å². The van der Waals surface area contributed by atoms with Gasteiger partial charge in [0.25, 0.3) is 0 Å². The molecule has 3 aliphatic rings. The highest BCUT2D eigenvalue weighted by molar-refractivity contribution is 6.34. The number of rotatable bonds is 0. The van der Waals surface area contributed by atoms with Crippen LogP contribution in [0.4, 0.5) is 0 Å². The molecule has 2 unspecified atom stereocenters. The number of carbonyl (C=O) groups excluding carboxylic acids is 2. The monoisotopic (exact) mass is 292 g/mol. The van der Waals surface area contributed by atoms with E-state index >= 15 is 0 Å². The van der Waals surface area contributed by atoms with Gasteiger partial charge < -0.3 is 9.80 Å². The Hall–Kier alpha value is -1.06. The summed E-state index contributed by atoms with van der Waals surface area (Å²) in [7, 11) is 0. The maximum absolute atomic E-state index is 12.5. The lowest BCUT2D eigenvalue weighted by Gasteiger charge is -2.41. The fourth-order valence-corrected chi connectivity index (χ4v) is 4.27. The average Bonchev–Trinajstić information content (AvgIpc) is 2.54. The number of piperidine rings is 2. The molecule has 2 amide bonds. The number of fused-ring (bicyclic) bond motifs is 1. The Bertz CT molecular complexity index is 402. The molecule has 0 spiro atoms. The summed E-state index contributed by atoms with van der Waals surface area (Å²) in [6.45, 7) is 5.34. The first-order valence-electron chi connectivity index (χ1n) is 8.73. The molecule has 4 heteroatoms. The molecule has 0 aromatic carbocycles. The summed E-state index contributed by atoms with van der Waals surface area (Å²) in [5.74, 6) is 1.63. The molecule has 2 aliphatic heterocycles. The van der Waals surface area contributed by atoms with Gasteiger partial charge in [0, 0.05) is 26.2 Å². The van der Waals surface area contributed by atoms with Crippen LogP contribution in [0, 0.1) is 17.8 Å². The van der Waals surface area contributed by atoms with Crippen molar-refractivity contribution in [3.05, 3.63) is 0 Å². The van der Waals surface area contributed by atoms with Crippen molar-refractivity contribution in [2.45, 2.75) is 51.9 Å². The van der Waals surface area contributed by atoms with E-state index in [0.29, 0.717) is 11.8 Å². The van der Waals surface area contributed by atoms with Crippen LogP contribution in [0.15, 0.2) is 0 Å². The smallest absolute Gasteiger partial charge is 0.312 e. The Balaban J connectivity index is 1.56. The maximum Gasteiger partial charge on any atom is 0.312 e. The fourth-order valence-electron chi connectivity index (χ4n) is 4.27. The van der Waals surface area contributed by atoms with Crippen molar-refractivity contribution < 1.29 is 9.59 Å². The summed E-state index contributed by atoms with van der Waals surface area (Å²) in [5, 5.41) is 0. The Morgan fingerprint density at radius 3 is 2.05 bits per heavy atom. The highest BCUT2D eigenvalue weighted by Crippen LogP contribution is 2.36. The lowest BCUT2D eigenvalue weighted by atomic mass is 9.75. The first kappa shape index (κ1) is 14.9. The summed E-state index contributed by atoms with van der Waals surface area (Å²) in [4.78, 5) is 28.5. The molecule has 2 saturated heterocycles. The Kier molecular flexibility index (Phi) is 4.51. The molecule has 1 saturated carbocycles. The van der Waals surface area contributed by atoms with E-state index in [1.807, 2.05) is 4.90 Å². The minimum absolute atomic E-state index is 0.242. The van der Waals surface area contributed by atoms with Crippen LogP contribution in [0.5, 0.6) is 0 Å². The van der Waals surface area contributed by atoms with Gasteiger partial charge >= 0.3 is 11.8 Å². The molecule has 4 nitrogen and oxygen atoms in total. The van der Waals surface area contributed by atoms with Crippen molar-refractivity contribution in [3.8, 4) is 0 Å². The highest BCUT2D eigenvalue weighted by atomic mass is 16.2. The zero-order valence-corrected chi connectivity index (χ0v) is 13.2. The van der Waals surface area contributed by atoms with E-state index in [1.54, 1.807) is 4.90 Å². The third-order valence-corrected chi connectivity index (χ3v) is 5.83. The Morgan fingerprint density at radius 1 is 0.762 bits per heavy atom. The summed E-state index contributed by atoms with van der Waals surface area (Å²) in [6, 6.07) is 0. The number of hydrogen-bond donors (Lipinski definition) is 0. The number of likely N-dealkylation sites (tertiary alicyclic amines) is 2. The van der Waals surface area contributed by atoms with Crippen molar-refractivity contribution >= 4 is 11.8 Å². The minimum Gasteiger partial charge on any atom is -0.334 e. The van der Waals surface area contributed by atoms with Gasteiger partial charge in [-0.15, -0.1) is 0 Å². The highest BCUT2D eigenvalue weighted by Gasteiger charge is 2.36. The van der Waals surface area contributed by atoms with Gasteiger partial charge in [0.15, 0.2) is 0 Å². The number of hydrogen-bond acceptors (Lipinski definition) is 2. The van der Waals surface area contributed by atoms with E-state index in [1.165, 1.54) is 25.7 Å². The summed E-state index contributed by atoms with van der Waals surface area (Å²) < 4.78 is 0. The van der Waals surface area contributed by atoms with Crippen molar-refractivity contribution in [2.24, 2.45) is 17.8 Å². The van der Waals surface area contributed by atoms with E-state index in [0.717, 1.165) is 51.4 Å². The molecule has 2 atom stereocenters. The molecule has 0 radical (unpaired) electrons. The zero-order chi connectivity index (χ0) is 14.8. The van der Waals surface area contributed by atoms with Crippen LogP contribution in [0.2, 0.25) is 0 Å². The first-order chi connectivity index (χ1) is 10.1. The van der Waals surface area contributed by atoms with E-state index in [9.17, 15) is 9.59 Å². The minimum atomic E-state index is -0.254. The zero-order valence-electron chi connectivity index (χ0n) is 13.2. The summed E-state index contributed by atoms with van der Waals surface area (Å²) >= 11 is 0. The topological polar surface area (TPSA) is 40.6 Å². The van der Waals surface area contributed by atoms with Crippen LogP contribution >= 0.6 is 0 Å². The predicted octanol–water partition coefficient (Wildman–Crippen LogP) is 2.28. The van der Waals surface area contributed by atoms with Gasteiger partial charge in [0.1, 0.15) is 0 Å². The van der Waals surface area contributed by atoms with Gasteiger partial charge in [-0.05, 0) is 43.4 Å². The molecular weight excluding hydrogens is 264 g/mol. The second-order valence-electron chi connectivity index (χ2n) is 7.32. The van der Waals surface area contributed by atoms with Crippen LogP contribution in [-0.2, 0) is 9.59 Å². The van der Waals surface area contributed by atoms with Gasteiger partial charge in [-0.3, -0.25) is 9.59 Å². The number of carbonyl (C=O) groups is 2. The quantitative estimate of drug-likeness (QED) is 0.643. The molecule has 0 aromatic rings. The van der Waals surface area contributed by atoms with Crippen molar-refractivity contribution in [3.63, 3.8) is 0 Å². The molecule has 2 heterocycles. The third kappa shape index (κ3) is 3.24. The van der Waals surface area contributed by atoms with Crippen LogP contribution in [0.1, 0.15) is 51.9 Å². The second-order valence-corrected chi connectivity index (χ2v) is 7.32. The van der Waals surface area contributed by atoms with Crippen molar-refractivity contribution in [1.29, 1.82) is 0 Å². The van der Waals surface area contributed by atoms with E-state index in [2.05, 4.69) is 6.92 Å². The molecule has 1 aliphatic carbocycles. The largest absolute Gasteiger partial charge is 0.334 e. The molecule has 0 bridgehead atoms. The Morgan fingerprint density at radius 2 is 1.33 bits per heavy atom. The van der Waals surface area contributed by atoms with Crippen molar-refractivity contribution in [2.75, 3.05) is 26.2 Å². The molecule has 118 valence electrons. The second kappa shape index (κ2) is 6.37. The van der Waals surface area contributed by atoms with Gasteiger partial charge in [0.05, 0.1) is 0 Å². The molecular formula is C17H28N2O2. The van der Waals surface area contributed by atoms with Crippen LogP contribution in [0.3, 0.4) is 0 Å². The predicted molar refractivity (Wildman–Crippen MR) is 81.6 cm³/mol. The molecule has 3 fully saturated rings. The fraction of sp³-hybridized carbons (Fsp3) is 0.882. The Labute approximate surface area is 127 Å². The van der Waals surface area contributed by atoms with Gasteiger partial charge in [0.2, 0.25) is 0 Å². The van der Waals surface area contributed by atoms with E-state index < -0.39 is 0 Å². The summed E-state index contributed by atoms with van der Waals surface area (Å²) in [6.07, 6.45) is 8.36.